The van der Waals surface area contributed by atoms with E-state index in [2.05, 4.69) is 15.2 Å². The van der Waals surface area contributed by atoms with Gasteiger partial charge in [0.15, 0.2) is 5.82 Å². The summed E-state index contributed by atoms with van der Waals surface area (Å²) < 4.78 is 6.88. The summed E-state index contributed by atoms with van der Waals surface area (Å²) in [5.41, 5.74) is -1.78. The molecule has 186 valence electrons. The largest absolute Gasteiger partial charge is 0.481 e. The van der Waals surface area contributed by atoms with Crippen LogP contribution in [-0.4, -0.2) is 46.7 Å². The summed E-state index contributed by atoms with van der Waals surface area (Å²) in [7, 11) is 0. The Bertz CT molecular complexity index is 1130. The SMILES string of the molecule is CC(C)(c1noc(C2CCCCC2CC(=O)O)n1)C1C(Cl)CC(n2ncc(=O)[nH]c2=O)CC1Cl. The lowest BCUT2D eigenvalue weighted by atomic mass is 9.69. The summed E-state index contributed by atoms with van der Waals surface area (Å²) in [5, 5.41) is 16.7. The first-order chi connectivity index (χ1) is 16.1. The van der Waals surface area contributed by atoms with Gasteiger partial charge in [0.1, 0.15) is 6.20 Å². The van der Waals surface area contributed by atoms with Crippen molar-refractivity contribution in [3.8, 4) is 0 Å². The number of nitrogens with one attached hydrogen (secondary N) is 1. The molecule has 0 aliphatic heterocycles. The second-order valence-corrected chi connectivity index (χ2v) is 11.1. The molecule has 2 aliphatic carbocycles. The second-order valence-electron chi connectivity index (χ2n) is 9.99. The number of rotatable bonds is 6. The topological polar surface area (TPSA) is 144 Å². The molecule has 12 heteroatoms. The van der Waals surface area contributed by atoms with Crippen molar-refractivity contribution in [2.75, 3.05) is 0 Å². The molecule has 0 aromatic carbocycles. The molecule has 34 heavy (non-hydrogen) atoms. The zero-order chi connectivity index (χ0) is 24.6. The molecular weight excluding hydrogens is 485 g/mol. The Labute approximate surface area is 206 Å². The molecule has 4 atom stereocenters. The third-order valence-electron chi connectivity index (χ3n) is 7.37. The van der Waals surface area contributed by atoms with Gasteiger partial charge in [0.25, 0.3) is 5.56 Å². The van der Waals surface area contributed by atoms with E-state index < -0.39 is 33.4 Å². The standard InChI is InChI=1S/C22H29Cl2N5O5/c1-22(2,20-27-19(34-28-20)13-6-4-3-5-11(13)7-17(31)32)18-14(23)8-12(9-15(18)24)29-21(33)26-16(30)10-25-29/h10-15,18H,3-9H2,1-2H3,(H,31,32)(H,26,30,33). The van der Waals surface area contributed by atoms with Crippen LogP contribution in [0.4, 0.5) is 0 Å². The lowest BCUT2D eigenvalue weighted by Gasteiger charge is -2.43. The molecule has 2 N–H and O–H groups in total. The number of aromatic amines is 1. The maximum Gasteiger partial charge on any atom is 0.345 e. The Kier molecular flexibility index (Phi) is 7.19. The van der Waals surface area contributed by atoms with Crippen molar-refractivity contribution in [3.05, 3.63) is 38.8 Å². The molecule has 10 nitrogen and oxygen atoms in total. The van der Waals surface area contributed by atoms with Gasteiger partial charge in [0.2, 0.25) is 5.89 Å². The van der Waals surface area contributed by atoms with Crippen LogP contribution in [0.5, 0.6) is 0 Å². The Morgan fingerprint density at radius 2 is 1.91 bits per heavy atom. The highest BCUT2D eigenvalue weighted by Crippen LogP contribution is 2.47. The van der Waals surface area contributed by atoms with E-state index in [9.17, 15) is 19.5 Å². The first-order valence-corrected chi connectivity index (χ1v) is 12.5. The number of aromatic nitrogens is 5. The predicted octanol–water partition coefficient (Wildman–Crippen LogP) is 3.21. The molecule has 0 radical (unpaired) electrons. The first kappa shape index (κ1) is 24.9. The Balaban J connectivity index is 1.54. The summed E-state index contributed by atoms with van der Waals surface area (Å²) in [4.78, 5) is 41.8. The summed E-state index contributed by atoms with van der Waals surface area (Å²) in [6, 6.07) is -0.346. The number of H-pyrrole nitrogens is 1. The van der Waals surface area contributed by atoms with E-state index in [4.69, 9.17) is 32.7 Å². The third-order valence-corrected chi connectivity index (χ3v) is 8.27. The molecule has 0 amide bonds. The quantitative estimate of drug-likeness (QED) is 0.560. The van der Waals surface area contributed by atoms with Crippen LogP contribution in [0.2, 0.25) is 0 Å². The third kappa shape index (κ3) is 4.93. The Morgan fingerprint density at radius 1 is 1.24 bits per heavy atom. The maximum absolute atomic E-state index is 12.2. The van der Waals surface area contributed by atoms with Crippen LogP contribution in [0.15, 0.2) is 20.3 Å². The Hall–Kier alpha value is -2.20. The Morgan fingerprint density at radius 3 is 2.56 bits per heavy atom. The average molecular weight is 514 g/mol. The summed E-state index contributed by atoms with van der Waals surface area (Å²) in [5.74, 6) is -0.181. The highest BCUT2D eigenvalue weighted by molar-refractivity contribution is 6.24. The van der Waals surface area contributed by atoms with E-state index in [1.54, 1.807) is 0 Å². The van der Waals surface area contributed by atoms with Crippen LogP contribution in [0, 0.1) is 11.8 Å². The second kappa shape index (κ2) is 9.81. The molecule has 0 saturated heterocycles. The zero-order valence-electron chi connectivity index (χ0n) is 19.1. The lowest BCUT2D eigenvalue weighted by molar-refractivity contribution is -0.138. The molecule has 2 aromatic rings. The maximum atomic E-state index is 12.2. The monoisotopic (exact) mass is 513 g/mol. The number of hydrogen-bond acceptors (Lipinski definition) is 7. The highest BCUT2D eigenvalue weighted by atomic mass is 35.5. The van der Waals surface area contributed by atoms with Crippen LogP contribution in [0.1, 0.15) is 82.5 Å². The molecule has 2 heterocycles. The minimum Gasteiger partial charge on any atom is -0.481 e. The van der Waals surface area contributed by atoms with E-state index in [1.807, 2.05) is 13.8 Å². The number of carboxylic acid groups (broad SMARTS) is 1. The molecule has 2 aromatic heterocycles. The van der Waals surface area contributed by atoms with Crippen molar-refractivity contribution in [2.45, 2.75) is 86.9 Å². The highest BCUT2D eigenvalue weighted by Gasteiger charge is 2.48. The van der Waals surface area contributed by atoms with Crippen LogP contribution in [0.3, 0.4) is 0 Å². The van der Waals surface area contributed by atoms with Gasteiger partial charge in [-0.05, 0) is 31.6 Å². The molecule has 0 spiro atoms. The van der Waals surface area contributed by atoms with Gasteiger partial charge in [-0.1, -0.05) is 31.8 Å². The number of alkyl halides is 2. The van der Waals surface area contributed by atoms with Gasteiger partial charge in [-0.3, -0.25) is 14.6 Å². The fourth-order valence-electron chi connectivity index (χ4n) is 5.66. The van der Waals surface area contributed by atoms with Gasteiger partial charge >= 0.3 is 11.7 Å². The first-order valence-electron chi connectivity index (χ1n) is 11.6. The number of carboxylic acids is 1. The number of halogens is 2. The van der Waals surface area contributed by atoms with E-state index in [0.29, 0.717) is 24.6 Å². The van der Waals surface area contributed by atoms with Crippen LogP contribution >= 0.6 is 23.2 Å². The minimum atomic E-state index is -0.820. The molecular formula is C22H29Cl2N5O5. The summed E-state index contributed by atoms with van der Waals surface area (Å²) in [6.07, 6.45) is 5.67. The van der Waals surface area contributed by atoms with Crippen molar-refractivity contribution < 1.29 is 14.4 Å². The van der Waals surface area contributed by atoms with Gasteiger partial charge in [-0.2, -0.15) is 10.1 Å². The fraction of sp³-hybridized carbons (Fsp3) is 0.727. The van der Waals surface area contributed by atoms with E-state index in [-0.39, 0.29) is 30.2 Å². The predicted molar refractivity (Wildman–Crippen MR) is 124 cm³/mol. The van der Waals surface area contributed by atoms with E-state index in [0.717, 1.165) is 31.9 Å². The van der Waals surface area contributed by atoms with Crippen molar-refractivity contribution in [1.29, 1.82) is 0 Å². The van der Waals surface area contributed by atoms with Crippen LogP contribution < -0.4 is 11.2 Å². The fourth-order valence-corrected chi connectivity index (χ4v) is 7.13. The number of nitrogens with zero attached hydrogens (tertiary/aromatic N) is 4. The van der Waals surface area contributed by atoms with Crippen molar-refractivity contribution >= 4 is 29.2 Å². The average Bonchev–Trinajstić information content (AvgIpc) is 3.24. The summed E-state index contributed by atoms with van der Waals surface area (Å²) >= 11 is 13.7. The molecule has 2 saturated carbocycles. The molecule has 4 rings (SSSR count). The number of hydrogen-bond donors (Lipinski definition) is 2. The zero-order valence-corrected chi connectivity index (χ0v) is 20.6. The van der Waals surface area contributed by atoms with Gasteiger partial charge in [-0.15, -0.1) is 23.2 Å². The minimum absolute atomic E-state index is 0.0252. The van der Waals surface area contributed by atoms with E-state index >= 15 is 0 Å². The number of aliphatic carboxylic acids is 1. The van der Waals surface area contributed by atoms with Crippen molar-refractivity contribution in [3.63, 3.8) is 0 Å². The van der Waals surface area contributed by atoms with Gasteiger partial charge in [-0.25, -0.2) is 9.48 Å². The van der Waals surface area contributed by atoms with Gasteiger partial charge < -0.3 is 9.63 Å². The normalized spacial score (nSPS) is 30.2. The summed E-state index contributed by atoms with van der Waals surface area (Å²) in [6.45, 7) is 3.94. The molecule has 2 aliphatic rings. The van der Waals surface area contributed by atoms with Crippen molar-refractivity contribution in [1.82, 2.24) is 24.9 Å². The van der Waals surface area contributed by atoms with E-state index in [1.165, 1.54) is 4.68 Å². The lowest BCUT2D eigenvalue weighted by Crippen LogP contribution is -2.48. The van der Waals surface area contributed by atoms with Gasteiger partial charge in [0, 0.05) is 34.4 Å². The van der Waals surface area contributed by atoms with Crippen molar-refractivity contribution in [2.24, 2.45) is 11.8 Å². The smallest absolute Gasteiger partial charge is 0.345 e. The molecule has 2 fully saturated rings. The van der Waals surface area contributed by atoms with Crippen LogP contribution in [0.25, 0.3) is 0 Å². The van der Waals surface area contributed by atoms with Gasteiger partial charge in [0.05, 0.1) is 6.04 Å². The van der Waals surface area contributed by atoms with Crippen LogP contribution in [-0.2, 0) is 10.2 Å². The number of carbonyl (C=O) groups is 1. The molecule has 0 bridgehead atoms. The molecule has 4 unspecified atom stereocenters.